The molecule has 0 atom stereocenters. The lowest BCUT2D eigenvalue weighted by molar-refractivity contribution is -0.117. The highest BCUT2D eigenvalue weighted by Gasteiger charge is 2.30. The van der Waals surface area contributed by atoms with Crippen LogP contribution in [0.4, 0.5) is 11.5 Å². The van der Waals surface area contributed by atoms with Crippen LogP contribution in [0, 0.1) is 5.92 Å². The van der Waals surface area contributed by atoms with Gasteiger partial charge in [0.05, 0.1) is 17.8 Å². The zero-order valence-electron chi connectivity index (χ0n) is 17.4. The van der Waals surface area contributed by atoms with Gasteiger partial charge < -0.3 is 20.1 Å². The Balaban J connectivity index is 1.35. The topological polar surface area (TPSA) is 91.5 Å². The number of fused-ring (bicyclic) bond motifs is 1. The van der Waals surface area contributed by atoms with E-state index in [1.54, 1.807) is 20.0 Å². The molecule has 30 heavy (non-hydrogen) atoms. The number of imidazole rings is 1. The van der Waals surface area contributed by atoms with E-state index in [4.69, 9.17) is 4.98 Å². The molecule has 2 fully saturated rings. The van der Waals surface area contributed by atoms with Crippen molar-refractivity contribution < 1.29 is 9.90 Å². The van der Waals surface area contributed by atoms with Crippen molar-refractivity contribution in [1.29, 1.82) is 0 Å². The molecule has 7 heteroatoms. The minimum Gasteiger partial charge on any atom is -0.386 e. The maximum absolute atomic E-state index is 12.0. The lowest BCUT2D eigenvalue weighted by Crippen LogP contribution is -2.17. The van der Waals surface area contributed by atoms with Gasteiger partial charge in [-0.1, -0.05) is 0 Å². The van der Waals surface area contributed by atoms with Crippen molar-refractivity contribution in [3.63, 3.8) is 0 Å². The molecule has 0 spiro atoms. The monoisotopic (exact) mass is 405 g/mol. The highest BCUT2D eigenvalue weighted by molar-refractivity contribution is 5.93. The van der Waals surface area contributed by atoms with E-state index in [0.29, 0.717) is 18.3 Å². The number of hydrogen-bond donors (Lipinski definition) is 3. The Morgan fingerprint density at radius 3 is 2.73 bits per heavy atom. The van der Waals surface area contributed by atoms with Crippen molar-refractivity contribution in [2.24, 2.45) is 5.92 Å². The van der Waals surface area contributed by atoms with E-state index in [1.165, 1.54) is 18.4 Å². The summed E-state index contributed by atoms with van der Waals surface area (Å²) >= 11 is 0. The molecule has 3 N–H and O–H groups in total. The number of hydrogen-bond acceptors (Lipinski definition) is 5. The maximum Gasteiger partial charge on any atom is 0.228 e. The number of pyridine rings is 2. The quantitative estimate of drug-likeness (QED) is 0.556. The third-order valence-corrected chi connectivity index (χ3v) is 5.76. The van der Waals surface area contributed by atoms with Gasteiger partial charge in [-0.05, 0) is 63.1 Å². The van der Waals surface area contributed by atoms with E-state index in [-0.39, 0.29) is 11.8 Å². The Bertz CT molecular complexity index is 1110. The van der Waals surface area contributed by atoms with Crippen LogP contribution in [0.15, 0.2) is 36.8 Å². The van der Waals surface area contributed by atoms with Crippen molar-refractivity contribution in [2.75, 3.05) is 10.6 Å². The molecule has 0 aromatic carbocycles. The Morgan fingerprint density at radius 2 is 2.03 bits per heavy atom. The number of nitrogens with zero attached hydrogens (tertiary/aromatic N) is 3. The predicted molar refractivity (Wildman–Crippen MR) is 115 cm³/mol. The molecule has 2 aliphatic rings. The molecule has 0 aliphatic heterocycles. The molecule has 3 aromatic heterocycles. The molecule has 0 unspecified atom stereocenters. The van der Waals surface area contributed by atoms with E-state index >= 15 is 0 Å². The average molecular weight is 406 g/mol. The fourth-order valence-corrected chi connectivity index (χ4v) is 3.72. The Hall–Kier alpha value is -2.93. The van der Waals surface area contributed by atoms with Crippen molar-refractivity contribution >= 4 is 23.1 Å². The van der Waals surface area contributed by atoms with E-state index in [0.717, 1.165) is 35.4 Å². The van der Waals surface area contributed by atoms with Crippen LogP contribution in [0.3, 0.4) is 0 Å². The van der Waals surface area contributed by atoms with Gasteiger partial charge in [0.15, 0.2) is 0 Å². The van der Waals surface area contributed by atoms with Crippen LogP contribution in [0.2, 0.25) is 0 Å². The van der Waals surface area contributed by atoms with Gasteiger partial charge in [-0.2, -0.15) is 0 Å². The van der Waals surface area contributed by atoms with Crippen molar-refractivity contribution in [3.8, 4) is 0 Å². The molecule has 3 heterocycles. The lowest BCUT2D eigenvalue weighted by atomic mass is 9.97. The second kappa shape index (κ2) is 7.09. The third-order valence-electron chi connectivity index (χ3n) is 5.76. The standard InChI is InChI=1S/C23H27N5O2/c1-23(2,30)19-9-16(14-3-4-14)12-28-13-18(26-21(19)28)11-25-17-7-8-24-20(10-17)27-22(29)15-5-6-15/h7-10,12-15,30H,3-6,11H2,1-2H3,(H2,24,25,27,29). The van der Waals surface area contributed by atoms with Gasteiger partial charge in [0.1, 0.15) is 11.5 Å². The number of carbonyl (C=O) groups excluding carboxylic acids is 1. The Kier molecular flexibility index (Phi) is 4.50. The first-order valence-corrected chi connectivity index (χ1v) is 10.6. The first-order valence-electron chi connectivity index (χ1n) is 10.6. The molecule has 5 rings (SSSR count). The zero-order chi connectivity index (χ0) is 20.9. The van der Waals surface area contributed by atoms with Gasteiger partial charge in [-0.25, -0.2) is 9.97 Å². The molecule has 0 bridgehead atoms. The summed E-state index contributed by atoms with van der Waals surface area (Å²) in [6.45, 7) is 4.14. The Morgan fingerprint density at radius 1 is 1.23 bits per heavy atom. The number of amides is 1. The summed E-state index contributed by atoms with van der Waals surface area (Å²) in [5.41, 5.74) is 3.70. The molecule has 7 nitrogen and oxygen atoms in total. The lowest BCUT2D eigenvalue weighted by Gasteiger charge is -2.19. The summed E-state index contributed by atoms with van der Waals surface area (Å²) in [5, 5.41) is 16.9. The van der Waals surface area contributed by atoms with Crippen LogP contribution in [0.1, 0.15) is 62.3 Å². The number of nitrogens with one attached hydrogen (secondary N) is 2. The second-order valence-corrected chi connectivity index (χ2v) is 9.03. The minimum absolute atomic E-state index is 0.0469. The summed E-state index contributed by atoms with van der Waals surface area (Å²) in [6.07, 6.45) is 10.2. The molecule has 2 saturated carbocycles. The number of carbonyl (C=O) groups is 1. The molecule has 156 valence electrons. The van der Waals surface area contributed by atoms with Gasteiger partial charge in [-0.15, -0.1) is 0 Å². The maximum atomic E-state index is 12.0. The van der Waals surface area contributed by atoms with Gasteiger partial charge >= 0.3 is 0 Å². The number of rotatable bonds is 7. The fraction of sp³-hybridized carbons (Fsp3) is 0.435. The number of anilines is 2. The summed E-state index contributed by atoms with van der Waals surface area (Å²) in [6, 6.07) is 5.81. The first-order chi connectivity index (χ1) is 14.4. The molecule has 0 saturated heterocycles. The predicted octanol–water partition coefficient (Wildman–Crippen LogP) is 3.79. The highest BCUT2D eigenvalue weighted by atomic mass is 16.3. The summed E-state index contributed by atoms with van der Waals surface area (Å²) in [4.78, 5) is 21.0. The third kappa shape index (κ3) is 4.03. The SMILES string of the molecule is CC(C)(O)c1cc(C2CC2)cn2cc(CNc3ccnc(NC(=O)C4CC4)c3)nc12. The first kappa shape index (κ1) is 19.1. The van der Waals surface area contributed by atoms with E-state index < -0.39 is 5.60 Å². The van der Waals surface area contributed by atoms with Gasteiger partial charge in [0.25, 0.3) is 0 Å². The van der Waals surface area contributed by atoms with Crippen LogP contribution < -0.4 is 10.6 Å². The second-order valence-electron chi connectivity index (χ2n) is 9.03. The summed E-state index contributed by atoms with van der Waals surface area (Å²) in [5.74, 6) is 1.35. The molecule has 0 radical (unpaired) electrons. The molecule has 3 aromatic rings. The summed E-state index contributed by atoms with van der Waals surface area (Å²) < 4.78 is 2.03. The summed E-state index contributed by atoms with van der Waals surface area (Å²) in [7, 11) is 0. The molecular formula is C23H27N5O2. The van der Waals surface area contributed by atoms with Gasteiger partial charge in [0.2, 0.25) is 5.91 Å². The average Bonchev–Trinajstić information content (AvgIpc) is 3.60. The van der Waals surface area contributed by atoms with Gasteiger partial charge in [0, 0.05) is 41.8 Å². The minimum atomic E-state index is -0.956. The van der Waals surface area contributed by atoms with E-state index in [1.807, 2.05) is 22.7 Å². The van der Waals surface area contributed by atoms with Crippen LogP contribution in [0.5, 0.6) is 0 Å². The number of aromatic nitrogens is 3. The smallest absolute Gasteiger partial charge is 0.228 e. The highest BCUT2D eigenvalue weighted by Crippen LogP contribution is 2.41. The molecule has 1 amide bonds. The molecular weight excluding hydrogens is 378 g/mol. The van der Waals surface area contributed by atoms with E-state index in [9.17, 15) is 9.90 Å². The van der Waals surface area contributed by atoms with Crippen LogP contribution in [0.25, 0.3) is 5.65 Å². The fourth-order valence-electron chi connectivity index (χ4n) is 3.72. The largest absolute Gasteiger partial charge is 0.386 e. The molecule has 2 aliphatic carbocycles. The van der Waals surface area contributed by atoms with Crippen molar-refractivity contribution in [3.05, 3.63) is 53.6 Å². The zero-order valence-corrected chi connectivity index (χ0v) is 17.4. The van der Waals surface area contributed by atoms with Crippen LogP contribution in [-0.4, -0.2) is 25.4 Å². The van der Waals surface area contributed by atoms with Gasteiger partial charge in [-0.3, -0.25) is 4.79 Å². The van der Waals surface area contributed by atoms with Crippen molar-refractivity contribution in [1.82, 2.24) is 14.4 Å². The normalized spacial score (nSPS) is 16.6. The number of aliphatic hydroxyl groups is 1. The Labute approximate surface area is 175 Å². The van der Waals surface area contributed by atoms with Crippen LogP contribution >= 0.6 is 0 Å². The van der Waals surface area contributed by atoms with Crippen LogP contribution in [-0.2, 0) is 16.9 Å². The van der Waals surface area contributed by atoms with Crippen molar-refractivity contribution in [2.45, 2.75) is 57.6 Å². The van der Waals surface area contributed by atoms with E-state index in [2.05, 4.69) is 27.9 Å².